The number of amides is 1. The molecule has 0 saturated heterocycles. The Morgan fingerprint density at radius 2 is 1.71 bits per heavy atom. The van der Waals surface area contributed by atoms with E-state index in [1.54, 1.807) is 12.1 Å². The van der Waals surface area contributed by atoms with Crippen LogP contribution in [0.25, 0.3) is 11.3 Å². The first-order valence-electron chi connectivity index (χ1n) is 8.53. The standard InChI is InChI=1S/C20H20N2O3S2.ClH/c1-3-17-19(15-7-5-4-6-8-15)22-20(26-17)21-18(23)13-27(24,25)16-11-9-14(2)10-12-16;/h4-12H,3,13H2,1-2H3,(H,21,22,23);1H. The molecule has 0 unspecified atom stereocenters. The van der Waals surface area contributed by atoms with Crippen molar-refractivity contribution in [1.29, 1.82) is 0 Å². The fourth-order valence-electron chi connectivity index (χ4n) is 2.62. The number of thiazole rings is 1. The highest BCUT2D eigenvalue weighted by Gasteiger charge is 2.21. The Kier molecular flexibility index (Phi) is 7.35. The molecule has 0 bridgehead atoms. The van der Waals surface area contributed by atoms with Crippen LogP contribution in [-0.2, 0) is 21.1 Å². The second kappa shape index (κ2) is 9.32. The van der Waals surface area contributed by atoms with Crippen LogP contribution in [0.15, 0.2) is 59.5 Å². The lowest BCUT2D eigenvalue weighted by molar-refractivity contribution is -0.113. The zero-order valence-electron chi connectivity index (χ0n) is 15.5. The first kappa shape index (κ1) is 22.1. The maximum Gasteiger partial charge on any atom is 0.241 e. The molecule has 0 aliphatic carbocycles. The van der Waals surface area contributed by atoms with Crippen LogP contribution >= 0.6 is 23.7 Å². The summed E-state index contributed by atoms with van der Waals surface area (Å²) in [5.74, 6) is -1.20. The molecule has 0 fully saturated rings. The third-order valence-electron chi connectivity index (χ3n) is 4.01. The number of sulfone groups is 1. The van der Waals surface area contributed by atoms with Gasteiger partial charge in [0.25, 0.3) is 0 Å². The number of nitrogens with zero attached hydrogens (tertiary/aromatic N) is 1. The van der Waals surface area contributed by atoms with Crippen molar-refractivity contribution >= 4 is 44.6 Å². The van der Waals surface area contributed by atoms with Gasteiger partial charge >= 0.3 is 0 Å². The van der Waals surface area contributed by atoms with Crippen molar-refractivity contribution in [2.75, 3.05) is 11.1 Å². The molecule has 0 aliphatic heterocycles. The minimum Gasteiger partial charge on any atom is -0.301 e. The van der Waals surface area contributed by atoms with E-state index in [1.165, 1.54) is 23.5 Å². The van der Waals surface area contributed by atoms with Gasteiger partial charge in [-0.05, 0) is 25.5 Å². The Bertz CT molecular complexity index is 1050. The molecule has 28 heavy (non-hydrogen) atoms. The zero-order valence-corrected chi connectivity index (χ0v) is 18.0. The van der Waals surface area contributed by atoms with Crippen molar-refractivity contribution in [3.63, 3.8) is 0 Å². The number of aromatic nitrogens is 1. The van der Waals surface area contributed by atoms with Gasteiger partial charge in [0, 0.05) is 10.4 Å². The fourth-order valence-corrected chi connectivity index (χ4v) is 4.70. The molecule has 1 heterocycles. The van der Waals surface area contributed by atoms with E-state index < -0.39 is 21.5 Å². The van der Waals surface area contributed by atoms with E-state index in [1.807, 2.05) is 44.2 Å². The van der Waals surface area contributed by atoms with E-state index in [4.69, 9.17) is 0 Å². The Morgan fingerprint density at radius 3 is 2.32 bits per heavy atom. The summed E-state index contributed by atoms with van der Waals surface area (Å²) in [6.07, 6.45) is 0.777. The van der Waals surface area contributed by atoms with Crippen LogP contribution in [0.4, 0.5) is 5.13 Å². The number of nitrogens with one attached hydrogen (secondary N) is 1. The third kappa shape index (κ3) is 5.19. The molecule has 5 nitrogen and oxygen atoms in total. The Balaban J connectivity index is 0.00000280. The molecule has 8 heteroatoms. The van der Waals surface area contributed by atoms with Gasteiger partial charge in [-0.25, -0.2) is 13.4 Å². The van der Waals surface area contributed by atoms with Crippen molar-refractivity contribution in [2.45, 2.75) is 25.2 Å². The number of aryl methyl sites for hydroxylation is 2. The van der Waals surface area contributed by atoms with Crippen LogP contribution in [0.3, 0.4) is 0 Å². The van der Waals surface area contributed by atoms with E-state index in [2.05, 4.69) is 10.3 Å². The lowest BCUT2D eigenvalue weighted by Gasteiger charge is -2.05. The molecular weight excluding hydrogens is 416 g/mol. The molecule has 0 spiro atoms. The highest BCUT2D eigenvalue weighted by molar-refractivity contribution is 7.92. The van der Waals surface area contributed by atoms with Gasteiger partial charge in [-0.2, -0.15) is 0 Å². The minimum absolute atomic E-state index is 0. The molecule has 0 radical (unpaired) electrons. The van der Waals surface area contributed by atoms with Crippen LogP contribution in [0.2, 0.25) is 0 Å². The van der Waals surface area contributed by atoms with Gasteiger partial charge in [0.1, 0.15) is 5.75 Å². The molecule has 3 aromatic rings. The average Bonchev–Trinajstić information content (AvgIpc) is 3.05. The highest BCUT2D eigenvalue weighted by Crippen LogP contribution is 2.31. The predicted octanol–water partition coefficient (Wildman–Crippen LogP) is 4.52. The Labute approximate surface area is 175 Å². The smallest absolute Gasteiger partial charge is 0.241 e. The summed E-state index contributed by atoms with van der Waals surface area (Å²) in [5, 5.41) is 3.05. The predicted molar refractivity (Wildman–Crippen MR) is 116 cm³/mol. The molecule has 148 valence electrons. The maximum atomic E-state index is 12.4. The number of rotatable bonds is 6. The van der Waals surface area contributed by atoms with E-state index >= 15 is 0 Å². The quantitative estimate of drug-likeness (QED) is 0.616. The zero-order chi connectivity index (χ0) is 19.4. The van der Waals surface area contributed by atoms with Crippen LogP contribution < -0.4 is 5.32 Å². The molecule has 0 saturated carbocycles. The summed E-state index contributed by atoms with van der Waals surface area (Å²) in [5.41, 5.74) is 2.75. The molecule has 1 amide bonds. The monoisotopic (exact) mass is 436 g/mol. The highest BCUT2D eigenvalue weighted by atomic mass is 35.5. The summed E-state index contributed by atoms with van der Waals surface area (Å²) in [6.45, 7) is 3.90. The summed E-state index contributed by atoms with van der Waals surface area (Å²) in [7, 11) is -3.69. The average molecular weight is 437 g/mol. The summed E-state index contributed by atoms with van der Waals surface area (Å²) < 4.78 is 24.8. The van der Waals surface area contributed by atoms with Crippen molar-refractivity contribution in [1.82, 2.24) is 4.98 Å². The third-order valence-corrected chi connectivity index (χ3v) is 6.76. The Hall–Kier alpha value is -2.22. The van der Waals surface area contributed by atoms with Crippen LogP contribution in [0, 0.1) is 6.92 Å². The molecule has 1 aromatic heterocycles. The van der Waals surface area contributed by atoms with Gasteiger partial charge in [-0.3, -0.25) is 4.79 Å². The number of hydrogen-bond donors (Lipinski definition) is 1. The number of anilines is 1. The molecule has 2 aromatic carbocycles. The van der Waals surface area contributed by atoms with Crippen molar-refractivity contribution in [2.24, 2.45) is 0 Å². The number of carbonyl (C=O) groups is 1. The van der Waals surface area contributed by atoms with E-state index in [9.17, 15) is 13.2 Å². The second-order valence-electron chi connectivity index (χ2n) is 6.13. The van der Waals surface area contributed by atoms with Gasteiger partial charge in [0.15, 0.2) is 15.0 Å². The van der Waals surface area contributed by atoms with E-state index in [0.717, 1.165) is 28.1 Å². The van der Waals surface area contributed by atoms with E-state index in [0.29, 0.717) is 5.13 Å². The normalized spacial score (nSPS) is 10.9. The van der Waals surface area contributed by atoms with Crippen LogP contribution in [0.1, 0.15) is 17.4 Å². The molecule has 3 rings (SSSR count). The first-order chi connectivity index (χ1) is 12.9. The van der Waals surface area contributed by atoms with Crippen molar-refractivity contribution in [3.8, 4) is 11.3 Å². The Morgan fingerprint density at radius 1 is 1.07 bits per heavy atom. The minimum atomic E-state index is -3.69. The van der Waals surface area contributed by atoms with Gasteiger partial charge < -0.3 is 5.32 Å². The number of benzene rings is 2. The maximum absolute atomic E-state index is 12.4. The fraction of sp³-hybridized carbons (Fsp3) is 0.200. The topological polar surface area (TPSA) is 76.1 Å². The second-order valence-corrected chi connectivity index (χ2v) is 9.20. The number of carbonyl (C=O) groups excluding carboxylic acids is 1. The van der Waals surface area contributed by atoms with E-state index in [-0.39, 0.29) is 17.3 Å². The van der Waals surface area contributed by atoms with Gasteiger partial charge in [0.05, 0.1) is 10.6 Å². The molecule has 1 N–H and O–H groups in total. The lowest BCUT2D eigenvalue weighted by atomic mass is 10.1. The molecular formula is C20H21ClN2O3S2. The van der Waals surface area contributed by atoms with Crippen LogP contribution in [-0.4, -0.2) is 25.1 Å². The first-order valence-corrected chi connectivity index (χ1v) is 11.0. The van der Waals surface area contributed by atoms with Crippen LogP contribution in [0.5, 0.6) is 0 Å². The lowest BCUT2D eigenvalue weighted by Crippen LogP contribution is -2.23. The van der Waals surface area contributed by atoms with Crippen molar-refractivity contribution < 1.29 is 13.2 Å². The molecule has 0 atom stereocenters. The van der Waals surface area contributed by atoms with Gasteiger partial charge in [-0.1, -0.05) is 55.0 Å². The van der Waals surface area contributed by atoms with Gasteiger partial charge in [-0.15, -0.1) is 23.7 Å². The SMILES string of the molecule is CCc1sc(NC(=O)CS(=O)(=O)c2ccc(C)cc2)nc1-c1ccccc1.Cl. The van der Waals surface area contributed by atoms with Crippen molar-refractivity contribution in [3.05, 3.63) is 65.0 Å². The number of hydrogen-bond acceptors (Lipinski definition) is 5. The summed E-state index contributed by atoms with van der Waals surface area (Å²) in [4.78, 5) is 18.0. The number of halogens is 1. The summed E-state index contributed by atoms with van der Waals surface area (Å²) >= 11 is 1.37. The molecule has 0 aliphatic rings. The largest absolute Gasteiger partial charge is 0.301 e. The summed E-state index contributed by atoms with van der Waals surface area (Å²) in [6, 6.07) is 16.2. The van der Waals surface area contributed by atoms with Gasteiger partial charge in [0.2, 0.25) is 5.91 Å².